The smallest absolute Gasteiger partial charge is 0.132 e. The predicted molar refractivity (Wildman–Crippen MR) is 90.3 cm³/mol. The molecule has 3 heteroatoms. The molecular weight excluding hydrogens is 278 g/mol. The van der Waals surface area contributed by atoms with Gasteiger partial charge < -0.3 is 10.5 Å². The van der Waals surface area contributed by atoms with Crippen LogP contribution in [0.2, 0.25) is 0 Å². The van der Waals surface area contributed by atoms with Gasteiger partial charge in [-0.1, -0.05) is 48.5 Å². The molecule has 2 rings (SSSR count). The lowest BCUT2D eigenvalue weighted by Crippen LogP contribution is -2.21. The number of ether oxygens (including phenoxy) is 1. The number of hydrogen-bond donors (Lipinski definition) is 1. The number of nitrogens with two attached hydrogens (primary N) is 1. The van der Waals surface area contributed by atoms with E-state index in [2.05, 4.69) is 38.1 Å². The number of benzene rings is 2. The molecule has 0 aliphatic carbocycles. The standard InChI is InChI=1S/C18H23NOS/c1-4-15(19)12-14-11-13(2)9-10-17(14)21-18-8-6-5-7-16(18)20-3/h5-11,15H,4,12,19H2,1-3H3. The van der Waals surface area contributed by atoms with Crippen molar-refractivity contribution < 1.29 is 4.74 Å². The van der Waals surface area contributed by atoms with Crippen molar-refractivity contribution in [2.45, 2.75) is 42.5 Å². The monoisotopic (exact) mass is 301 g/mol. The number of hydrogen-bond acceptors (Lipinski definition) is 3. The van der Waals surface area contributed by atoms with Crippen molar-refractivity contribution in [3.05, 3.63) is 53.6 Å². The Morgan fingerprint density at radius 2 is 1.90 bits per heavy atom. The summed E-state index contributed by atoms with van der Waals surface area (Å²) < 4.78 is 5.44. The number of rotatable bonds is 6. The molecule has 2 N–H and O–H groups in total. The summed E-state index contributed by atoms with van der Waals surface area (Å²) in [4.78, 5) is 2.39. The van der Waals surface area contributed by atoms with E-state index in [1.807, 2.05) is 18.2 Å². The van der Waals surface area contributed by atoms with Crippen LogP contribution in [0.15, 0.2) is 52.3 Å². The average Bonchev–Trinajstić information content (AvgIpc) is 2.50. The first-order chi connectivity index (χ1) is 10.1. The average molecular weight is 301 g/mol. The Kier molecular flexibility index (Phi) is 5.71. The lowest BCUT2D eigenvalue weighted by Gasteiger charge is -2.15. The van der Waals surface area contributed by atoms with Crippen LogP contribution in [-0.2, 0) is 6.42 Å². The fourth-order valence-electron chi connectivity index (χ4n) is 2.22. The second kappa shape index (κ2) is 7.53. The predicted octanol–water partition coefficient (Wildman–Crippen LogP) is 4.43. The Morgan fingerprint density at radius 3 is 2.62 bits per heavy atom. The zero-order valence-electron chi connectivity index (χ0n) is 12.9. The van der Waals surface area contributed by atoms with E-state index >= 15 is 0 Å². The Morgan fingerprint density at radius 1 is 1.14 bits per heavy atom. The number of para-hydroxylation sites is 1. The van der Waals surface area contributed by atoms with Crippen molar-refractivity contribution in [2.75, 3.05) is 7.11 Å². The molecule has 0 aromatic heterocycles. The van der Waals surface area contributed by atoms with Gasteiger partial charge in [-0.15, -0.1) is 0 Å². The second-order valence-electron chi connectivity index (χ2n) is 5.24. The van der Waals surface area contributed by atoms with Crippen LogP contribution in [0, 0.1) is 6.92 Å². The van der Waals surface area contributed by atoms with Gasteiger partial charge in [0, 0.05) is 10.9 Å². The second-order valence-corrected chi connectivity index (χ2v) is 6.32. The Balaban J connectivity index is 2.30. The van der Waals surface area contributed by atoms with Crippen LogP contribution in [0.1, 0.15) is 24.5 Å². The molecular formula is C18H23NOS. The molecule has 112 valence electrons. The van der Waals surface area contributed by atoms with Gasteiger partial charge in [0.15, 0.2) is 0 Å². The third kappa shape index (κ3) is 4.26. The third-order valence-corrected chi connectivity index (χ3v) is 4.69. The molecule has 0 saturated heterocycles. The van der Waals surface area contributed by atoms with Gasteiger partial charge in [-0.05, 0) is 43.5 Å². The molecule has 21 heavy (non-hydrogen) atoms. The van der Waals surface area contributed by atoms with Gasteiger partial charge in [0.2, 0.25) is 0 Å². The summed E-state index contributed by atoms with van der Waals surface area (Å²) in [7, 11) is 1.71. The Hall–Kier alpha value is -1.45. The maximum absolute atomic E-state index is 6.14. The van der Waals surface area contributed by atoms with Crippen molar-refractivity contribution in [3.63, 3.8) is 0 Å². The molecule has 0 aliphatic rings. The summed E-state index contributed by atoms with van der Waals surface area (Å²) in [5.74, 6) is 0.911. The summed E-state index contributed by atoms with van der Waals surface area (Å²) in [6.07, 6.45) is 1.91. The highest BCUT2D eigenvalue weighted by molar-refractivity contribution is 7.99. The van der Waals surface area contributed by atoms with Crippen molar-refractivity contribution >= 4 is 11.8 Å². The quantitative estimate of drug-likeness (QED) is 0.857. The van der Waals surface area contributed by atoms with Gasteiger partial charge >= 0.3 is 0 Å². The molecule has 2 aromatic rings. The van der Waals surface area contributed by atoms with E-state index in [-0.39, 0.29) is 6.04 Å². The zero-order chi connectivity index (χ0) is 15.2. The van der Waals surface area contributed by atoms with Crippen LogP contribution in [-0.4, -0.2) is 13.2 Å². The van der Waals surface area contributed by atoms with E-state index < -0.39 is 0 Å². The molecule has 0 radical (unpaired) electrons. The SMILES string of the molecule is CCC(N)Cc1cc(C)ccc1Sc1ccccc1OC. The minimum Gasteiger partial charge on any atom is -0.496 e. The fraction of sp³-hybridized carbons (Fsp3) is 0.333. The van der Waals surface area contributed by atoms with E-state index in [4.69, 9.17) is 10.5 Å². The van der Waals surface area contributed by atoms with Crippen molar-refractivity contribution in [1.29, 1.82) is 0 Å². The highest BCUT2D eigenvalue weighted by Crippen LogP contribution is 2.37. The van der Waals surface area contributed by atoms with E-state index in [0.717, 1.165) is 23.5 Å². The Labute approximate surface area is 131 Å². The van der Waals surface area contributed by atoms with Crippen LogP contribution < -0.4 is 10.5 Å². The first-order valence-electron chi connectivity index (χ1n) is 7.30. The van der Waals surface area contributed by atoms with Gasteiger partial charge in [-0.3, -0.25) is 0 Å². The third-order valence-electron chi connectivity index (χ3n) is 3.51. The summed E-state index contributed by atoms with van der Waals surface area (Å²) >= 11 is 1.75. The van der Waals surface area contributed by atoms with Crippen LogP contribution in [0.3, 0.4) is 0 Å². The molecule has 0 aliphatic heterocycles. The first-order valence-corrected chi connectivity index (χ1v) is 8.11. The molecule has 0 fully saturated rings. The highest BCUT2D eigenvalue weighted by Gasteiger charge is 2.11. The fourth-order valence-corrected chi connectivity index (χ4v) is 3.26. The van der Waals surface area contributed by atoms with E-state index in [9.17, 15) is 0 Å². The van der Waals surface area contributed by atoms with E-state index in [1.54, 1.807) is 18.9 Å². The number of aryl methyl sites for hydroxylation is 1. The topological polar surface area (TPSA) is 35.2 Å². The maximum atomic E-state index is 6.14. The van der Waals surface area contributed by atoms with Gasteiger partial charge in [0.25, 0.3) is 0 Å². The van der Waals surface area contributed by atoms with E-state index in [0.29, 0.717) is 0 Å². The maximum Gasteiger partial charge on any atom is 0.132 e. The minimum atomic E-state index is 0.212. The molecule has 2 aromatic carbocycles. The summed E-state index contributed by atoms with van der Waals surface area (Å²) in [5.41, 5.74) is 8.73. The molecule has 1 unspecified atom stereocenters. The molecule has 0 amide bonds. The Bertz CT molecular complexity index is 598. The summed E-state index contributed by atoms with van der Waals surface area (Å²) in [5, 5.41) is 0. The zero-order valence-corrected chi connectivity index (χ0v) is 13.7. The molecule has 0 heterocycles. The van der Waals surface area contributed by atoms with Crippen molar-refractivity contribution in [2.24, 2.45) is 5.73 Å². The van der Waals surface area contributed by atoms with Crippen LogP contribution >= 0.6 is 11.8 Å². The first kappa shape index (κ1) is 15.9. The van der Waals surface area contributed by atoms with Crippen LogP contribution in [0.5, 0.6) is 5.75 Å². The normalized spacial score (nSPS) is 12.2. The van der Waals surface area contributed by atoms with E-state index in [1.165, 1.54) is 16.0 Å². The van der Waals surface area contributed by atoms with Crippen molar-refractivity contribution in [3.8, 4) is 5.75 Å². The van der Waals surface area contributed by atoms with Gasteiger partial charge in [-0.25, -0.2) is 0 Å². The van der Waals surface area contributed by atoms with Gasteiger partial charge in [-0.2, -0.15) is 0 Å². The van der Waals surface area contributed by atoms with Gasteiger partial charge in [0.05, 0.1) is 12.0 Å². The van der Waals surface area contributed by atoms with Crippen molar-refractivity contribution in [1.82, 2.24) is 0 Å². The lowest BCUT2D eigenvalue weighted by molar-refractivity contribution is 0.405. The van der Waals surface area contributed by atoms with Gasteiger partial charge in [0.1, 0.15) is 5.75 Å². The lowest BCUT2D eigenvalue weighted by atomic mass is 10.0. The van der Waals surface area contributed by atoms with Crippen LogP contribution in [0.4, 0.5) is 0 Å². The highest BCUT2D eigenvalue weighted by atomic mass is 32.2. The minimum absolute atomic E-state index is 0.212. The summed E-state index contributed by atoms with van der Waals surface area (Å²) in [6, 6.07) is 14.9. The molecule has 0 spiro atoms. The van der Waals surface area contributed by atoms with Crippen LogP contribution in [0.25, 0.3) is 0 Å². The molecule has 1 atom stereocenters. The largest absolute Gasteiger partial charge is 0.496 e. The number of methoxy groups -OCH3 is 1. The molecule has 0 bridgehead atoms. The molecule has 0 saturated carbocycles. The summed E-state index contributed by atoms with van der Waals surface area (Å²) in [6.45, 7) is 4.26. The molecule has 2 nitrogen and oxygen atoms in total.